The smallest absolute Gasteiger partial charge is 0.408 e. The van der Waals surface area contributed by atoms with Crippen LogP contribution in [0.15, 0.2) is 72.5 Å². The monoisotopic (exact) mass is 1020 g/mol. The topological polar surface area (TPSA) is 196 Å². The first-order valence-corrected chi connectivity index (χ1v) is 27.6. The van der Waals surface area contributed by atoms with Gasteiger partial charge < -0.3 is 52.7 Å². The van der Waals surface area contributed by atoms with Crippen molar-refractivity contribution < 1.29 is 66.6 Å². The van der Waals surface area contributed by atoms with Gasteiger partial charge in [0.1, 0.15) is 47.4 Å². The first-order valence-electron chi connectivity index (χ1n) is 25.4. The number of carbonyl (C=O) groups is 4. The Balaban J connectivity index is 1.45. The van der Waals surface area contributed by atoms with Crippen molar-refractivity contribution in [3.63, 3.8) is 0 Å². The second-order valence-electron chi connectivity index (χ2n) is 23.2. The molecule has 12 atom stereocenters. The van der Waals surface area contributed by atoms with Crippen molar-refractivity contribution in [2.24, 2.45) is 16.7 Å². The Labute approximate surface area is 426 Å². The van der Waals surface area contributed by atoms with Gasteiger partial charge in [-0.15, -0.1) is 0 Å². The largest absolute Gasteiger partial charge is 0.495 e. The predicted molar refractivity (Wildman–Crippen MR) is 269 cm³/mol. The van der Waals surface area contributed by atoms with Gasteiger partial charge in [-0.05, 0) is 98.6 Å². The van der Waals surface area contributed by atoms with E-state index in [2.05, 4.69) is 58.4 Å². The van der Waals surface area contributed by atoms with E-state index in [1.807, 2.05) is 27.7 Å². The van der Waals surface area contributed by atoms with Gasteiger partial charge in [-0.25, -0.2) is 14.4 Å². The molecular formula is C55H78N2O14Si. The first kappa shape index (κ1) is 55.1. The van der Waals surface area contributed by atoms with Crippen molar-refractivity contribution in [1.82, 2.24) is 10.3 Å². The molecule has 7 rings (SSSR count). The summed E-state index contributed by atoms with van der Waals surface area (Å²) in [5, 5.41) is 17.2. The Morgan fingerprint density at radius 2 is 1.61 bits per heavy atom. The standard InChI is InChI=1S/C55H78N2O14Si/c1-17-40-66-43-41-33(8)38(65-49(60)44(71-72(30(2)3,31(4)5)32(6)7)42(57-50(61)70-51(10,11)12)37-24-23-36(63-16)28-56-37)27-55(62,52(41,13)14)47(68-48(59)35-21-19-18-20-22-35)45-53(15,46(43)67-40)26-25-39-54(45,29-64-39)69-34(9)58/h17-24,28,30-32,38-40,42-47,62H,1,25-27,29H2,2-16H3,(H,57,61)/t38-,39+,40+,42-,43+,44+,45-,46+,47-,53+,54-,55+/m0/s1. The SMILES string of the molecule is C=C[C@@H]1O[C@@H]2C3=C(C)[C@@H](OC(=O)[C@H](O[Si](C(C)C)(C(C)C)C(C)C)[C@@H](NC(=O)OC(C)(C)C)c4ccc(OC)cn4)C[C@@](O)([C@@H](OC(=O)c4ccccc4)[C@H]4[C@@](C)(CC[C@H]5OC[C@]54OC(C)=O)[C@@H]2O1)C3(C)C. The lowest BCUT2D eigenvalue weighted by Gasteiger charge is -2.68. The van der Waals surface area contributed by atoms with E-state index >= 15 is 4.79 Å². The maximum Gasteiger partial charge on any atom is 0.408 e. The summed E-state index contributed by atoms with van der Waals surface area (Å²) in [6.45, 7) is 30.7. The number of hydrogen-bond donors (Lipinski definition) is 2. The fourth-order valence-corrected chi connectivity index (χ4v) is 18.8. The van der Waals surface area contributed by atoms with Gasteiger partial charge in [0, 0.05) is 24.2 Å². The molecule has 2 saturated carbocycles. The van der Waals surface area contributed by atoms with E-state index in [-0.39, 0.29) is 40.9 Å². The van der Waals surface area contributed by atoms with Crippen molar-refractivity contribution in [3.8, 4) is 5.75 Å². The minimum absolute atomic E-state index is 0.0200. The Bertz CT molecular complexity index is 2360. The highest BCUT2D eigenvalue weighted by Gasteiger charge is 2.77. The van der Waals surface area contributed by atoms with Crippen molar-refractivity contribution >= 4 is 32.3 Å². The molecule has 1 aromatic heterocycles. The number of alkyl carbamates (subject to hydrolysis) is 1. The number of methoxy groups -OCH3 is 1. The van der Waals surface area contributed by atoms with Crippen LogP contribution in [-0.4, -0.2) is 116 Å². The Morgan fingerprint density at radius 3 is 2.14 bits per heavy atom. The van der Waals surface area contributed by atoms with E-state index in [1.54, 1.807) is 69.3 Å². The molecule has 0 radical (unpaired) electrons. The van der Waals surface area contributed by atoms with E-state index in [9.17, 15) is 19.5 Å². The van der Waals surface area contributed by atoms with Crippen LogP contribution >= 0.6 is 0 Å². The summed E-state index contributed by atoms with van der Waals surface area (Å²) in [6.07, 6.45) is -4.42. The van der Waals surface area contributed by atoms with Gasteiger partial charge in [0.15, 0.2) is 18.0 Å². The highest BCUT2D eigenvalue weighted by Crippen LogP contribution is 2.67. The number of ether oxygens (including phenoxy) is 8. The van der Waals surface area contributed by atoms with Crippen LogP contribution in [0.5, 0.6) is 5.75 Å². The lowest BCUT2D eigenvalue weighted by molar-refractivity contribution is -0.345. The number of carbonyl (C=O) groups excluding carboxylic acids is 4. The average molecular weight is 1020 g/mol. The van der Waals surface area contributed by atoms with Gasteiger partial charge in [0.25, 0.3) is 0 Å². The van der Waals surface area contributed by atoms with Gasteiger partial charge in [0.05, 0.1) is 43.2 Å². The molecular weight excluding hydrogens is 941 g/mol. The summed E-state index contributed by atoms with van der Waals surface area (Å²) < 4.78 is 58.6. The zero-order valence-corrected chi connectivity index (χ0v) is 45.9. The van der Waals surface area contributed by atoms with Crippen molar-refractivity contribution in [1.29, 1.82) is 0 Å². The maximum atomic E-state index is 15.9. The second kappa shape index (κ2) is 20.2. The van der Waals surface area contributed by atoms with Crippen molar-refractivity contribution in [2.75, 3.05) is 13.7 Å². The Hall–Kier alpha value is -4.65. The van der Waals surface area contributed by atoms with E-state index in [0.29, 0.717) is 29.7 Å². The molecule has 0 spiro atoms. The third-order valence-electron chi connectivity index (χ3n) is 16.5. The zero-order valence-electron chi connectivity index (χ0n) is 44.9. The number of esters is 3. The summed E-state index contributed by atoms with van der Waals surface area (Å²) >= 11 is 0. The number of aliphatic hydroxyl groups is 1. The van der Waals surface area contributed by atoms with Crippen LogP contribution in [0.25, 0.3) is 0 Å². The zero-order chi connectivity index (χ0) is 53.1. The van der Waals surface area contributed by atoms with Crippen molar-refractivity contribution in [2.45, 2.75) is 199 Å². The molecule has 17 heteroatoms. The fraction of sp³-hybridized carbons (Fsp3) is 0.655. The molecule has 396 valence electrons. The van der Waals surface area contributed by atoms with Crippen LogP contribution < -0.4 is 10.1 Å². The van der Waals surface area contributed by atoms with Gasteiger partial charge in [-0.2, -0.15) is 0 Å². The molecule has 4 fully saturated rings. The van der Waals surface area contributed by atoms with Crippen LogP contribution in [0.1, 0.15) is 138 Å². The number of nitrogens with zero attached hydrogens (tertiary/aromatic N) is 1. The molecule has 1 amide bonds. The van der Waals surface area contributed by atoms with Crippen LogP contribution in [0.4, 0.5) is 4.79 Å². The highest BCUT2D eigenvalue weighted by molar-refractivity contribution is 6.77. The number of benzene rings is 1. The van der Waals surface area contributed by atoms with E-state index < -0.39 is 115 Å². The predicted octanol–water partition coefficient (Wildman–Crippen LogP) is 9.26. The maximum absolute atomic E-state index is 15.9. The second-order valence-corrected chi connectivity index (χ2v) is 28.6. The molecule has 72 heavy (non-hydrogen) atoms. The summed E-state index contributed by atoms with van der Waals surface area (Å²) in [5.74, 6) is -2.63. The molecule has 1 aromatic carbocycles. The number of pyridine rings is 1. The molecule has 2 aliphatic heterocycles. The third-order valence-corrected chi connectivity index (χ3v) is 22.6. The molecule has 2 N–H and O–H groups in total. The summed E-state index contributed by atoms with van der Waals surface area (Å²) in [7, 11) is -1.52. The molecule has 2 bridgehead atoms. The van der Waals surface area contributed by atoms with Crippen LogP contribution in [0, 0.1) is 16.7 Å². The first-order chi connectivity index (χ1) is 33.6. The van der Waals surface area contributed by atoms with Gasteiger partial charge in [-0.3, -0.25) is 9.78 Å². The molecule has 2 saturated heterocycles. The molecule has 2 aromatic rings. The minimum Gasteiger partial charge on any atom is -0.495 e. The Kier molecular flexibility index (Phi) is 15.5. The number of hydrogen-bond acceptors (Lipinski definition) is 15. The average Bonchev–Trinajstić information content (AvgIpc) is 3.72. The molecule has 16 nitrogen and oxygen atoms in total. The summed E-state index contributed by atoms with van der Waals surface area (Å²) in [4.78, 5) is 62.5. The van der Waals surface area contributed by atoms with Gasteiger partial charge in [-0.1, -0.05) is 87.1 Å². The van der Waals surface area contributed by atoms with Crippen LogP contribution in [0.2, 0.25) is 16.6 Å². The minimum atomic E-state index is -3.04. The highest BCUT2D eigenvalue weighted by atomic mass is 28.4. The fourth-order valence-electron chi connectivity index (χ4n) is 13.3. The van der Waals surface area contributed by atoms with Crippen LogP contribution in [0.3, 0.4) is 0 Å². The van der Waals surface area contributed by atoms with Gasteiger partial charge >= 0.3 is 24.0 Å². The summed E-state index contributed by atoms with van der Waals surface area (Å²) in [6, 6.07) is 10.6. The van der Waals surface area contributed by atoms with Crippen LogP contribution in [-0.2, 0) is 47.2 Å². The number of amides is 1. The number of nitrogens with one attached hydrogen (secondary N) is 1. The van der Waals surface area contributed by atoms with E-state index in [4.69, 9.17) is 42.3 Å². The normalized spacial score (nSPS) is 31.6. The molecule has 3 heterocycles. The van der Waals surface area contributed by atoms with E-state index in [0.717, 1.165) is 0 Å². The molecule has 0 unspecified atom stereocenters. The Morgan fingerprint density at radius 1 is 0.958 bits per heavy atom. The quantitative estimate of drug-likeness (QED) is 0.0741. The lowest BCUT2D eigenvalue weighted by Crippen LogP contribution is -2.79. The van der Waals surface area contributed by atoms with E-state index in [1.165, 1.54) is 20.2 Å². The molecule has 5 aliphatic rings. The third kappa shape index (κ3) is 9.55. The van der Waals surface area contributed by atoms with Crippen molar-refractivity contribution in [3.05, 3.63) is 83.7 Å². The summed E-state index contributed by atoms with van der Waals surface area (Å²) in [5.41, 5.74) is -5.04. The lowest BCUT2D eigenvalue weighted by atomic mass is 9.45. The molecule has 3 aliphatic carbocycles. The number of aromatic nitrogens is 1. The number of rotatable bonds is 15. The number of fused-ring (bicyclic) bond motifs is 8. The van der Waals surface area contributed by atoms with Gasteiger partial charge in [0.2, 0.25) is 8.32 Å².